The SMILES string of the molecule is Cc1ccc2c(n1)sc1c(B(O)O)cccc12. The predicted octanol–water partition coefficient (Wildman–Crippen LogP) is 1.44. The largest absolute Gasteiger partial charge is 0.489 e. The Hall–Kier alpha value is -1.43. The number of thiophene rings is 1. The molecule has 0 saturated heterocycles. The topological polar surface area (TPSA) is 53.4 Å². The minimum Gasteiger partial charge on any atom is -0.423 e. The fraction of sp³-hybridized carbons (Fsp3) is 0.0833. The maximum atomic E-state index is 9.34. The van der Waals surface area contributed by atoms with Gasteiger partial charge in [-0.15, -0.1) is 11.3 Å². The van der Waals surface area contributed by atoms with E-state index in [0.717, 1.165) is 26.0 Å². The van der Waals surface area contributed by atoms with E-state index in [0.29, 0.717) is 5.46 Å². The summed E-state index contributed by atoms with van der Waals surface area (Å²) in [5, 5.41) is 20.8. The van der Waals surface area contributed by atoms with Gasteiger partial charge in [0.1, 0.15) is 4.83 Å². The molecule has 3 nitrogen and oxygen atoms in total. The van der Waals surface area contributed by atoms with Gasteiger partial charge in [0.05, 0.1) is 0 Å². The average molecular weight is 243 g/mol. The molecule has 0 bridgehead atoms. The zero-order chi connectivity index (χ0) is 12.0. The number of aryl methyl sites for hydroxylation is 1. The molecule has 3 rings (SSSR count). The first kappa shape index (κ1) is 10.7. The fourth-order valence-corrected chi connectivity index (χ4v) is 3.25. The van der Waals surface area contributed by atoms with E-state index >= 15 is 0 Å². The van der Waals surface area contributed by atoms with E-state index < -0.39 is 7.12 Å². The van der Waals surface area contributed by atoms with Crippen LogP contribution < -0.4 is 5.46 Å². The summed E-state index contributed by atoms with van der Waals surface area (Å²) < 4.78 is 0.899. The second-order valence-corrected chi connectivity index (χ2v) is 5.00. The highest BCUT2D eigenvalue weighted by Crippen LogP contribution is 2.31. The molecule has 0 fully saturated rings. The third kappa shape index (κ3) is 1.63. The molecular weight excluding hydrogens is 233 g/mol. The van der Waals surface area contributed by atoms with Crippen molar-refractivity contribution in [3.05, 3.63) is 36.0 Å². The standard InChI is InChI=1S/C12H10BNO2S/c1-7-5-6-9-8-3-2-4-10(13(15)16)11(8)17-12(9)14-7/h2-6,15-16H,1H3. The van der Waals surface area contributed by atoms with Crippen molar-refractivity contribution in [2.75, 3.05) is 0 Å². The van der Waals surface area contributed by atoms with Crippen LogP contribution in [0.4, 0.5) is 0 Å². The van der Waals surface area contributed by atoms with Gasteiger partial charge in [0.15, 0.2) is 0 Å². The quantitative estimate of drug-likeness (QED) is 0.636. The van der Waals surface area contributed by atoms with Crippen molar-refractivity contribution in [3.63, 3.8) is 0 Å². The van der Waals surface area contributed by atoms with Crippen LogP contribution in [-0.2, 0) is 0 Å². The minimum absolute atomic E-state index is 0.545. The second kappa shape index (κ2) is 3.80. The van der Waals surface area contributed by atoms with E-state index in [9.17, 15) is 10.0 Å². The van der Waals surface area contributed by atoms with Crippen molar-refractivity contribution in [2.45, 2.75) is 6.92 Å². The third-order valence-electron chi connectivity index (χ3n) is 2.81. The monoisotopic (exact) mass is 243 g/mol. The van der Waals surface area contributed by atoms with E-state index in [-0.39, 0.29) is 0 Å². The van der Waals surface area contributed by atoms with Gasteiger partial charge >= 0.3 is 7.12 Å². The molecule has 2 aromatic heterocycles. The molecule has 1 aromatic carbocycles. The van der Waals surface area contributed by atoms with E-state index in [2.05, 4.69) is 4.98 Å². The van der Waals surface area contributed by atoms with Gasteiger partial charge < -0.3 is 10.0 Å². The summed E-state index contributed by atoms with van der Waals surface area (Å²) >= 11 is 1.50. The first-order valence-electron chi connectivity index (χ1n) is 5.32. The van der Waals surface area contributed by atoms with Gasteiger partial charge in [-0.1, -0.05) is 18.2 Å². The fourth-order valence-electron chi connectivity index (χ4n) is 2.00. The highest BCUT2D eigenvalue weighted by atomic mass is 32.1. The zero-order valence-electron chi connectivity index (χ0n) is 9.21. The number of hydrogen-bond donors (Lipinski definition) is 2. The summed E-state index contributed by atoms with van der Waals surface area (Å²) in [6, 6.07) is 9.55. The summed E-state index contributed by atoms with van der Waals surface area (Å²) in [7, 11) is -1.44. The van der Waals surface area contributed by atoms with Gasteiger partial charge in [-0.2, -0.15) is 0 Å². The Labute approximate surface area is 103 Å². The summed E-state index contributed by atoms with van der Waals surface area (Å²) in [4.78, 5) is 5.41. The van der Waals surface area contributed by atoms with Gasteiger partial charge in [-0.3, -0.25) is 0 Å². The molecule has 84 valence electrons. The molecule has 17 heavy (non-hydrogen) atoms. The lowest BCUT2D eigenvalue weighted by Gasteiger charge is -1.99. The number of nitrogens with zero attached hydrogens (tertiary/aromatic N) is 1. The Morgan fingerprint density at radius 3 is 2.71 bits per heavy atom. The van der Waals surface area contributed by atoms with E-state index in [4.69, 9.17) is 0 Å². The first-order chi connectivity index (χ1) is 8.16. The summed E-state index contributed by atoms with van der Waals surface area (Å²) in [5.74, 6) is 0. The highest BCUT2D eigenvalue weighted by molar-refractivity contribution is 7.26. The van der Waals surface area contributed by atoms with Gasteiger partial charge in [0, 0.05) is 21.2 Å². The molecule has 2 N–H and O–H groups in total. The smallest absolute Gasteiger partial charge is 0.423 e. The van der Waals surface area contributed by atoms with Crippen molar-refractivity contribution in [1.82, 2.24) is 4.98 Å². The Kier molecular flexibility index (Phi) is 2.40. The third-order valence-corrected chi connectivity index (χ3v) is 3.98. The average Bonchev–Trinajstić information content (AvgIpc) is 2.65. The maximum Gasteiger partial charge on any atom is 0.489 e. The van der Waals surface area contributed by atoms with Crippen molar-refractivity contribution < 1.29 is 10.0 Å². The summed E-state index contributed by atoms with van der Waals surface area (Å²) in [5.41, 5.74) is 1.51. The van der Waals surface area contributed by atoms with Crippen LogP contribution in [0.5, 0.6) is 0 Å². The van der Waals surface area contributed by atoms with Crippen LogP contribution in [0.25, 0.3) is 20.3 Å². The lowest BCUT2D eigenvalue weighted by molar-refractivity contribution is 0.426. The van der Waals surface area contributed by atoms with Gasteiger partial charge in [0.2, 0.25) is 0 Å². The van der Waals surface area contributed by atoms with Crippen LogP contribution in [0.3, 0.4) is 0 Å². The van der Waals surface area contributed by atoms with Gasteiger partial charge in [-0.05, 0) is 24.5 Å². The molecule has 0 saturated carbocycles. The molecule has 0 aliphatic carbocycles. The number of pyridine rings is 1. The first-order valence-corrected chi connectivity index (χ1v) is 6.13. The molecule has 0 atom stereocenters. The van der Waals surface area contributed by atoms with Crippen molar-refractivity contribution >= 4 is 44.2 Å². The van der Waals surface area contributed by atoms with Gasteiger partial charge in [0.25, 0.3) is 0 Å². The minimum atomic E-state index is -1.44. The second-order valence-electron chi connectivity index (χ2n) is 4.01. The van der Waals surface area contributed by atoms with Crippen LogP contribution >= 0.6 is 11.3 Å². The Bertz CT molecular complexity index is 708. The van der Waals surface area contributed by atoms with Crippen LogP contribution in [0, 0.1) is 6.92 Å². The molecule has 0 aliphatic heterocycles. The van der Waals surface area contributed by atoms with Crippen molar-refractivity contribution in [3.8, 4) is 0 Å². The van der Waals surface area contributed by atoms with Crippen LogP contribution in [-0.4, -0.2) is 22.2 Å². The molecule has 2 heterocycles. The number of aromatic nitrogens is 1. The molecule has 5 heteroatoms. The maximum absolute atomic E-state index is 9.34. The zero-order valence-corrected chi connectivity index (χ0v) is 10.0. The van der Waals surface area contributed by atoms with Crippen LogP contribution in [0.2, 0.25) is 0 Å². The Balaban J connectivity index is 2.46. The molecule has 0 amide bonds. The number of benzene rings is 1. The molecule has 0 radical (unpaired) electrons. The lowest BCUT2D eigenvalue weighted by atomic mass is 9.80. The summed E-state index contributed by atoms with van der Waals surface area (Å²) in [6.45, 7) is 1.95. The van der Waals surface area contributed by atoms with Crippen molar-refractivity contribution in [2.24, 2.45) is 0 Å². The molecule has 3 aromatic rings. The Morgan fingerprint density at radius 1 is 1.12 bits per heavy atom. The molecular formula is C12H10BNO2S. The van der Waals surface area contributed by atoms with Crippen molar-refractivity contribution in [1.29, 1.82) is 0 Å². The van der Waals surface area contributed by atoms with Gasteiger partial charge in [-0.25, -0.2) is 4.98 Å². The number of rotatable bonds is 1. The number of fused-ring (bicyclic) bond motifs is 3. The lowest BCUT2D eigenvalue weighted by Crippen LogP contribution is -2.29. The molecule has 0 aliphatic rings. The predicted molar refractivity (Wildman–Crippen MR) is 71.7 cm³/mol. The van der Waals surface area contributed by atoms with Crippen LogP contribution in [0.15, 0.2) is 30.3 Å². The normalized spacial score (nSPS) is 11.2. The molecule has 0 unspecified atom stereocenters. The molecule has 0 spiro atoms. The van der Waals surface area contributed by atoms with E-state index in [1.54, 1.807) is 6.07 Å². The summed E-state index contributed by atoms with van der Waals surface area (Å²) in [6.07, 6.45) is 0. The van der Waals surface area contributed by atoms with Crippen LogP contribution in [0.1, 0.15) is 5.69 Å². The Morgan fingerprint density at radius 2 is 1.94 bits per heavy atom. The van der Waals surface area contributed by atoms with E-state index in [1.807, 2.05) is 31.2 Å². The van der Waals surface area contributed by atoms with E-state index in [1.165, 1.54) is 11.3 Å². The highest BCUT2D eigenvalue weighted by Gasteiger charge is 2.17. The number of hydrogen-bond acceptors (Lipinski definition) is 4.